The van der Waals surface area contributed by atoms with E-state index in [2.05, 4.69) is 4.98 Å². The standard InChI is InChI=1S/C15H15ClF2N2O2/c1-7-5-9-8(3-2-4-12(21)14(17)18)13(15(19)22)20-11(9)6-10(7)16/h5-6,14,20H,2-4H2,1H3,(H2,19,22). The van der Waals surface area contributed by atoms with Crippen LogP contribution >= 0.6 is 11.6 Å². The molecule has 0 fully saturated rings. The van der Waals surface area contributed by atoms with Gasteiger partial charge in [0.2, 0.25) is 0 Å². The number of amides is 1. The molecule has 0 atom stereocenters. The van der Waals surface area contributed by atoms with Gasteiger partial charge in [-0.3, -0.25) is 9.59 Å². The van der Waals surface area contributed by atoms with Crippen molar-refractivity contribution in [3.8, 4) is 0 Å². The first-order chi connectivity index (χ1) is 10.3. The summed E-state index contributed by atoms with van der Waals surface area (Å²) in [6.45, 7) is 1.82. The Balaban J connectivity index is 2.34. The van der Waals surface area contributed by atoms with E-state index in [1.54, 1.807) is 6.07 Å². The minimum Gasteiger partial charge on any atom is -0.364 e. The second-order valence-electron chi connectivity index (χ2n) is 5.11. The highest BCUT2D eigenvalue weighted by molar-refractivity contribution is 6.32. The van der Waals surface area contributed by atoms with Crippen LogP contribution in [0.3, 0.4) is 0 Å². The summed E-state index contributed by atoms with van der Waals surface area (Å²) in [5.41, 5.74) is 7.68. The molecule has 0 spiro atoms. The lowest BCUT2D eigenvalue weighted by atomic mass is 10.0. The molecule has 0 radical (unpaired) electrons. The number of benzene rings is 1. The van der Waals surface area contributed by atoms with Gasteiger partial charge in [-0.2, -0.15) is 0 Å². The molecule has 118 valence electrons. The summed E-state index contributed by atoms with van der Waals surface area (Å²) >= 11 is 6.05. The van der Waals surface area contributed by atoms with Gasteiger partial charge in [-0.1, -0.05) is 11.6 Å². The first-order valence-corrected chi connectivity index (χ1v) is 7.10. The van der Waals surface area contributed by atoms with Gasteiger partial charge in [0.05, 0.1) is 0 Å². The number of rotatable bonds is 6. The lowest BCUT2D eigenvalue weighted by molar-refractivity contribution is -0.129. The number of Topliss-reactive ketones (excluding diaryl/α,β-unsaturated/α-hetero) is 1. The SMILES string of the molecule is Cc1cc2c(CCCC(=O)C(F)F)c(C(N)=O)[nH]c2cc1Cl. The van der Waals surface area contributed by atoms with Crippen molar-refractivity contribution in [3.05, 3.63) is 34.0 Å². The Morgan fingerprint density at radius 1 is 1.36 bits per heavy atom. The Kier molecular flexibility index (Phi) is 4.81. The van der Waals surface area contributed by atoms with Crippen LogP contribution in [0.5, 0.6) is 0 Å². The van der Waals surface area contributed by atoms with Gasteiger partial charge in [-0.25, -0.2) is 8.78 Å². The molecule has 22 heavy (non-hydrogen) atoms. The van der Waals surface area contributed by atoms with Crippen molar-refractivity contribution >= 4 is 34.2 Å². The van der Waals surface area contributed by atoms with Crippen LogP contribution in [-0.2, 0) is 11.2 Å². The van der Waals surface area contributed by atoms with Crippen molar-refractivity contribution < 1.29 is 18.4 Å². The van der Waals surface area contributed by atoms with Gasteiger partial charge < -0.3 is 10.7 Å². The van der Waals surface area contributed by atoms with Crippen molar-refractivity contribution in [2.75, 3.05) is 0 Å². The zero-order valence-corrected chi connectivity index (χ0v) is 12.6. The van der Waals surface area contributed by atoms with E-state index in [1.807, 2.05) is 13.0 Å². The number of nitrogens with one attached hydrogen (secondary N) is 1. The molecule has 0 saturated carbocycles. The minimum atomic E-state index is -2.96. The summed E-state index contributed by atoms with van der Waals surface area (Å²) in [5, 5.41) is 1.31. The van der Waals surface area contributed by atoms with Gasteiger partial charge in [-0.15, -0.1) is 0 Å². The molecule has 1 heterocycles. The number of halogens is 3. The first kappa shape index (κ1) is 16.4. The number of carbonyl (C=O) groups excluding carboxylic acids is 2. The zero-order valence-electron chi connectivity index (χ0n) is 11.9. The Hall–Kier alpha value is -1.95. The van der Waals surface area contributed by atoms with Gasteiger partial charge in [-0.05, 0) is 43.0 Å². The number of carbonyl (C=O) groups is 2. The molecule has 1 aromatic carbocycles. The number of fused-ring (bicyclic) bond motifs is 1. The van der Waals surface area contributed by atoms with Crippen LogP contribution in [0.15, 0.2) is 12.1 Å². The summed E-state index contributed by atoms with van der Waals surface area (Å²) in [6.07, 6.45) is -2.68. The number of aromatic amines is 1. The molecule has 0 saturated heterocycles. The number of hydrogen-bond acceptors (Lipinski definition) is 2. The second-order valence-corrected chi connectivity index (χ2v) is 5.52. The van der Waals surface area contributed by atoms with Gasteiger partial charge in [0, 0.05) is 22.3 Å². The highest BCUT2D eigenvalue weighted by atomic mass is 35.5. The smallest absolute Gasteiger partial charge is 0.295 e. The summed E-state index contributed by atoms with van der Waals surface area (Å²) in [4.78, 5) is 25.4. The highest BCUT2D eigenvalue weighted by Crippen LogP contribution is 2.29. The Labute approximate surface area is 130 Å². The van der Waals surface area contributed by atoms with Crippen molar-refractivity contribution in [2.45, 2.75) is 32.6 Å². The number of nitrogens with two attached hydrogens (primary N) is 1. The van der Waals surface area contributed by atoms with E-state index in [-0.39, 0.29) is 18.5 Å². The van der Waals surface area contributed by atoms with Gasteiger partial charge in [0.15, 0.2) is 5.78 Å². The van der Waals surface area contributed by atoms with E-state index >= 15 is 0 Å². The number of alkyl halides is 2. The maximum absolute atomic E-state index is 12.2. The third kappa shape index (κ3) is 3.27. The minimum absolute atomic E-state index is 0.220. The monoisotopic (exact) mass is 328 g/mol. The summed E-state index contributed by atoms with van der Waals surface area (Å²) < 4.78 is 24.4. The van der Waals surface area contributed by atoms with Gasteiger partial charge >= 0.3 is 0 Å². The van der Waals surface area contributed by atoms with Gasteiger partial charge in [0.1, 0.15) is 5.69 Å². The molecule has 7 heteroatoms. The van der Waals surface area contributed by atoms with Crippen LogP contribution < -0.4 is 5.73 Å². The quantitative estimate of drug-likeness (QED) is 0.852. The highest BCUT2D eigenvalue weighted by Gasteiger charge is 2.19. The van der Waals surface area contributed by atoms with E-state index < -0.39 is 18.1 Å². The Morgan fingerprint density at radius 2 is 2.05 bits per heavy atom. The Bertz CT molecular complexity index is 741. The molecule has 0 unspecified atom stereocenters. The molecule has 0 aliphatic carbocycles. The van der Waals surface area contributed by atoms with Crippen molar-refractivity contribution in [1.29, 1.82) is 0 Å². The summed E-state index contributed by atoms with van der Waals surface area (Å²) in [5.74, 6) is -1.74. The lowest BCUT2D eigenvalue weighted by Gasteiger charge is -2.04. The molecule has 1 aromatic heterocycles. The number of primary amides is 1. The molecule has 3 N–H and O–H groups in total. The van der Waals surface area contributed by atoms with E-state index in [9.17, 15) is 18.4 Å². The number of hydrogen-bond donors (Lipinski definition) is 2. The molecule has 1 amide bonds. The van der Waals surface area contributed by atoms with Crippen molar-refractivity contribution in [3.63, 3.8) is 0 Å². The molecule has 0 bridgehead atoms. The molecular formula is C15H15ClF2N2O2. The predicted molar refractivity (Wildman–Crippen MR) is 80.5 cm³/mol. The Morgan fingerprint density at radius 3 is 2.64 bits per heavy atom. The molecule has 4 nitrogen and oxygen atoms in total. The van der Waals surface area contributed by atoms with Crippen molar-refractivity contribution in [2.24, 2.45) is 5.73 Å². The molecule has 2 rings (SSSR count). The van der Waals surface area contributed by atoms with E-state index in [1.165, 1.54) is 0 Å². The number of aryl methyl sites for hydroxylation is 2. The van der Waals surface area contributed by atoms with Crippen LogP contribution in [0.25, 0.3) is 10.9 Å². The fraction of sp³-hybridized carbons (Fsp3) is 0.333. The van der Waals surface area contributed by atoms with Crippen LogP contribution in [0.1, 0.15) is 34.5 Å². The molecule has 2 aromatic rings. The summed E-state index contributed by atoms with van der Waals surface area (Å²) in [7, 11) is 0. The maximum atomic E-state index is 12.2. The number of ketones is 1. The largest absolute Gasteiger partial charge is 0.364 e. The average Bonchev–Trinajstić information content (AvgIpc) is 2.77. The number of aromatic nitrogens is 1. The molecular weight excluding hydrogens is 314 g/mol. The normalized spacial score (nSPS) is 11.3. The number of H-pyrrole nitrogens is 1. The predicted octanol–water partition coefficient (Wildman–Crippen LogP) is 3.39. The average molecular weight is 329 g/mol. The maximum Gasteiger partial charge on any atom is 0.295 e. The van der Waals surface area contributed by atoms with Crippen LogP contribution in [0, 0.1) is 6.92 Å². The van der Waals surface area contributed by atoms with Crippen molar-refractivity contribution in [1.82, 2.24) is 4.98 Å². The van der Waals surface area contributed by atoms with Crippen LogP contribution in [0.4, 0.5) is 8.78 Å². The van der Waals surface area contributed by atoms with Crippen LogP contribution in [0.2, 0.25) is 5.02 Å². The van der Waals surface area contributed by atoms with E-state index in [0.29, 0.717) is 22.5 Å². The first-order valence-electron chi connectivity index (χ1n) is 6.72. The third-order valence-corrected chi connectivity index (χ3v) is 3.93. The summed E-state index contributed by atoms with van der Waals surface area (Å²) in [6, 6.07) is 3.50. The van der Waals surface area contributed by atoms with E-state index in [4.69, 9.17) is 17.3 Å². The topological polar surface area (TPSA) is 76.0 Å². The van der Waals surface area contributed by atoms with Crippen LogP contribution in [-0.4, -0.2) is 23.1 Å². The zero-order chi connectivity index (χ0) is 16.4. The van der Waals surface area contributed by atoms with Gasteiger partial charge in [0.25, 0.3) is 12.3 Å². The van der Waals surface area contributed by atoms with E-state index in [0.717, 1.165) is 10.9 Å². The lowest BCUT2D eigenvalue weighted by Crippen LogP contribution is -2.14. The fourth-order valence-electron chi connectivity index (χ4n) is 2.40. The fourth-order valence-corrected chi connectivity index (χ4v) is 2.56. The molecule has 0 aliphatic rings. The third-order valence-electron chi connectivity index (χ3n) is 3.53. The second kappa shape index (κ2) is 6.44. The molecule has 0 aliphatic heterocycles.